The van der Waals surface area contributed by atoms with E-state index in [1.165, 1.54) is 18.2 Å². The van der Waals surface area contributed by atoms with Gasteiger partial charge in [-0.3, -0.25) is 4.79 Å². The lowest BCUT2D eigenvalue weighted by atomic mass is 9.89. The number of hydrogen-bond donors (Lipinski definition) is 2. The number of halogens is 2. The smallest absolute Gasteiger partial charge is 0.387 e. The molecule has 0 heterocycles. The first-order valence-electron chi connectivity index (χ1n) is 5.88. The fraction of sp³-hybridized carbons (Fsp3) is 0.462. The lowest BCUT2D eigenvalue weighted by Gasteiger charge is -2.18. The number of carbonyl (C=O) groups is 1. The summed E-state index contributed by atoms with van der Waals surface area (Å²) in [5.41, 5.74) is 6.29. The van der Waals surface area contributed by atoms with Gasteiger partial charge >= 0.3 is 12.6 Å². The van der Waals surface area contributed by atoms with Crippen LogP contribution in [0.5, 0.6) is 5.75 Å². The van der Waals surface area contributed by atoms with Crippen LogP contribution in [0, 0.1) is 5.92 Å². The molecular formula is C13H17F2NO3. The predicted octanol–water partition coefficient (Wildman–Crippen LogP) is 3.08. The highest BCUT2D eigenvalue weighted by Gasteiger charge is 2.24. The monoisotopic (exact) mass is 273 g/mol. The normalized spacial score (nSPS) is 12.7. The number of anilines is 1. The quantitative estimate of drug-likeness (QED) is 0.781. The lowest BCUT2D eigenvalue weighted by molar-refractivity contribution is -0.139. The van der Waals surface area contributed by atoms with Crippen molar-refractivity contribution in [2.45, 2.75) is 32.8 Å². The Morgan fingerprint density at radius 1 is 1.42 bits per heavy atom. The van der Waals surface area contributed by atoms with Gasteiger partial charge in [-0.25, -0.2) is 0 Å². The topological polar surface area (TPSA) is 72.5 Å². The number of ether oxygens (including phenoxy) is 1. The van der Waals surface area contributed by atoms with Gasteiger partial charge in [0.25, 0.3) is 0 Å². The largest absolute Gasteiger partial charge is 0.481 e. The third kappa shape index (κ3) is 4.39. The first kappa shape index (κ1) is 15.2. The van der Waals surface area contributed by atoms with Crippen molar-refractivity contribution in [1.29, 1.82) is 0 Å². The molecule has 1 aromatic rings. The maximum absolute atomic E-state index is 12.2. The van der Waals surface area contributed by atoms with E-state index in [4.69, 9.17) is 5.73 Å². The zero-order valence-electron chi connectivity index (χ0n) is 10.8. The van der Waals surface area contributed by atoms with E-state index in [0.717, 1.165) is 0 Å². The van der Waals surface area contributed by atoms with Gasteiger partial charge in [0.05, 0.1) is 5.92 Å². The molecule has 0 spiro atoms. The van der Waals surface area contributed by atoms with E-state index in [-0.39, 0.29) is 17.4 Å². The van der Waals surface area contributed by atoms with Crippen LogP contribution in [0.2, 0.25) is 0 Å². The summed E-state index contributed by atoms with van der Waals surface area (Å²) in [5.74, 6) is -1.81. The van der Waals surface area contributed by atoms with E-state index < -0.39 is 18.5 Å². The molecule has 0 aromatic heterocycles. The van der Waals surface area contributed by atoms with E-state index >= 15 is 0 Å². The number of aliphatic carboxylic acids is 1. The molecule has 4 nitrogen and oxygen atoms in total. The third-order valence-electron chi connectivity index (χ3n) is 2.66. The van der Waals surface area contributed by atoms with Crippen molar-refractivity contribution in [3.8, 4) is 5.75 Å². The average Bonchev–Trinajstić information content (AvgIpc) is 2.27. The molecule has 6 heteroatoms. The van der Waals surface area contributed by atoms with Gasteiger partial charge in [-0.2, -0.15) is 8.78 Å². The summed E-state index contributed by atoms with van der Waals surface area (Å²) >= 11 is 0. The Labute approximate surface area is 110 Å². The molecule has 0 bridgehead atoms. The number of alkyl halides is 2. The fourth-order valence-electron chi connectivity index (χ4n) is 1.86. The summed E-state index contributed by atoms with van der Waals surface area (Å²) < 4.78 is 28.6. The number of nitrogens with two attached hydrogens (primary N) is 1. The zero-order chi connectivity index (χ0) is 14.6. The van der Waals surface area contributed by atoms with E-state index in [9.17, 15) is 18.7 Å². The molecule has 0 aliphatic heterocycles. The number of hydrogen-bond acceptors (Lipinski definition) is 3. The van der Waals surface area contributed by atoms with Crippen LogP contribution in [0.4, 0.5) is 14.5 Å². The maximum Gasteiger partial charge on any atom is 0.387 e. The van der Waals surface area contributed by atoms with Gasteiger partial charge in [0.1, 0.15) is 5.75 Å². The van der Waals surface area contributed by atoms with Crippen molar-refractivity contribution in [2.24, 2.45) is 5.92 Å². The van der Waals surface area contributed by atoms with Crippen LogP contribution in [0.1, 0.15) is 31.7 Å². The maximum atomic E-state index is 12.2. The van der Waals surface area contributed by atoms with Crippen LogP contribution in [-0.4, -0.2) is 17.7 Å². The van der Waals surface area contributed by atoms with Gasteiger partial charge in [-0.1, -0.05) is 13.8 Å². The Hall–Kier alpha value is -1.85. The van der Waals surface area contributed by atoms with Gasteiger partial charge in [0.2, 0.25) is 0 Å². The Kier molecular flexibility index (Phi) is 5.09. The molecule has 19 heavy (non-hydrogen) atoms. The van der Waals surface area contributed by atoms with E-state index in [1.807, 2.05) is 13.8 Å². The van der Waals surface area contributed by atoms with E-state index in [0.29, 0.717) is 12.0 Å². The molecule has 0 aliphatic carbocycles. The van der Waals surface area contributed by atoms with Crippen molar-refractivity contribution in [1.82, 2.24) is 0 Å². The van der Waals surface area contributed by atoms with Crippen LogP contribution in [-0.2, 0) is 4.79 Å². The Balaban J connectivity index is 3.10. The second kappa shape index (κ2) is 6.36. The highest BCUT2D eigenvalue weighted by Crippen LogP contribution is 2.32. The molecule has 3 N–H and O–H groups in total. The molecule has 0 saturated carbocycles. The van der Waals surface area contributed by atoms with Gasteiger partial charge in [0.15, 0.2) is 0 Å². The predicted molar refractivity (Wildman–Crippen MR) is 67.3 cm³/mol. The Morgan fingerprint density at radius 3 is 2.53 bits per heavy atom. The molecule has 1 aromatic carbocycles. The molecule has 1 unspecified atom stereocenters. The second-order valence-electron chi connectivity index (χ2n) is 4.69. The number of rotatable bonds is 6. The Bertz CT molecular complexity index is 450. The molecular weight excluding hydrogens is 256 g/mol. The summed E-state index contributed by atoms with van der Waals surface area (Å²) in [6.45, 7) is 0.807. The van der Waals surface area contributed by atoms with Crippen molar-refractivity contribution in [2.75, 3.05) is 5.73 Å². The summed E-state index contributed by atoms with van der Waals surface area (Å²) in [7, 11) is 0. The van der Waals surface area contributed by atoms with Gasteiger partial charge < -0.3 is 15.6 Å². The minimum atomic E-state index is -2.95. The van der Waals surface area contributed by atoms with Crippen molar-refractivity contribution >= 4 is 11.7 Å². The van der Waals surface area contributed by atoms with Crippen molar-refractivity contribution in [3.05, 3.63) is 23.8 Å². The highest BCUT2D eigenvalue weighted by molar-refractivity contribution is 5.79. The summed E-state index contributed by atoms with van der Waals surface area (Å²) in [4.78, 5) is 11.3. The van der Waals surface area contributed by atoms with Gasteiger partial charge in [-0.15, -0.1) is 0 Å². The van der Waals surface area contributed by atoms with Crippen LogP contribution >= 0.6 is 0 Å². The van der Waals surface area contributed by atoms with Crippen LogP contribution < -0.4 is 10.5 Å². The number of carboxylic acids is 1. The minimum absolute atomic E-state index is 0.0887. The molecule has 1 atom stereocenters. The van der Waals surface area contributed by atoms with Crippen LogP contribution in [0.25, 0.3) is 0 Å². The first-order valence-corrected chi connectivity index (χ1v) is 5.88. The second-order valence-corrected chi connectivity index (χ2v) is 4.69. The molecule has 1 rings (SSSR count). The third-order valence-corrected chi connectivity index (χ3v) is 2.66. The minimum Gasteiger partial charge on any atom is -0.481 e. The molecule has 0 radical (unpaired) electrons. The molecule has 106 valence electrons. The number of benzene rings is 1. The fourth-order valence-corrected chi connectivity index (χ4v) is 1.86. The molecule has 0 fully saturated rings. The number of carboxylic acid groups (broad SMARTS) is 1. The summed E-state index contributed by atoms with van der Waals surface area (Å²) in [5, 5.41) is 9.23. The average molecular weight is 273 g/mol. The lowest BCUT2D eigenvalue weighted by Crippen LogP contribution is -2.16. The summed E-state index contributed by atoms with van der Waals surface area (Å²) in [6.07, 6.45) is 0.373. The number of nitrogen functional groups attached to an aromatic ring is 1. The van der Waals surface area contributed by atoms with E-state index in [1.54, 1.807) is 0 Å². The van der Waals surface area contributed by atoms with Gasteiger partial charge in [0, 0.05) is 5.69 Å². The molecule has 0 amide bonds. The van der Waals surface area contributed by atoms with Gasteiger partial charge in [-0.05, 0) is 36.1 Å². The zero-order valence-corrected chi connectivity index (χ0v) is 10.8. The molecule has 0 saturated heterocycles. The van der Waals surface area contributed by atoms with E-state index in [2.05, 4.69) is 4.74 Å². The highest BCUT2D eigenvalue weighted by atomic mass is 19.3. The first-order chi connectivity index (χ1) is 8.81. The SMILES string of the molecule is CC(C)CC(C(=O)O)c1cc(OC(F)F)ccc1N. The van der Waals surface area contributed by atoms with Crippen molar-refractivity contribution < 1.29 is 23.4 Å². The van der Waals surface area contributed by atoms with Crippen LogP contribution in [0.15, 0.2) is 18.2 Å². The van der Waals surface area contributed by atoms with Crippen molar-refractivity contribution in [3.63, 3.8) is 0 Å². The summed E-state index contributed by atoms with van der Waals surface area (Å²) in [6, 6.07) is 3.94. The standard InChI is InChI=1S/C13H17F2NO3/c1-7(2)5-10(12(17)18)9-6-8(19-13(14)15)3-4-11(9)16/h3-4,6-7,10,13H,5,16H2,1-2H3,(H,17,18). The Morgan fingerprint density at radius 2 is 2.05 bits per heavy atom. The molecule has 0 aliphatic rings. The van der Waals surface area contributed by atoms with Crippen LogP contribution in [0.3, 0.4) is 0 Å².